The number of carbonyl (C=O) groups is 2. The second-order valence-electron chi connectivity index (χ2n) is 8.45. The van der Waals surface area contributed by atoms with Crippen molar-refractivity contribution < 1.29 is 18.8 Å². The van der Waals surface area contributed by atoms with Gasteiger partial charge in [-0.25, -0.2) is 0 Å². The smallest absolute Gasteiger partial charge is 0.230 e. The number of rotatable bonds is 5. The van der Waals surface area contributed by atoms with Crippen LogP contribution in [0.4, 0.5) is 0 Å². The highest BCUT2D eigenvalue weighted by Crippen LogP contribution is 2.52. The Kier molecular flexibility index (Phi) is 4.28. The van der Waals surface area contributed by atoms with Crippen LogP contribution in [0.1, 0.15) is 22.6 Å². The number of pyridine rings is 1. The van der Waals surface area contributed by atoms with Crippen molar-refractivity contribution in [3.05, 3.63) is 59.3 Å². The SMILES string of the molecule is Cc1noc(C)c1CN(C)C(=O)[C@@H]1[C@@H]2C=C[C@@]3(CN(Cc4cccnc4)C(=O)[C@@H]13)O2. The van der Waals surface area contributed by atoms with Crippen LogP contribution in [0.25, 0.3) is 0 Å². The second-order valence-corrected chi connectivity index (χ2v) is 8.45. The van der Waals surface area contributed by atoms with Crippen molar-refractivity contribution in [2.75, 3.05) is 13.6 Å². The van der Waals surface area contributed by atoms with Gasteiger partial charge < -0.3 is 19.1 Å². The van der Waals surface area contributed by atoms with Crippen molar-refractivity contribution in [1.82, 2.24) is 19.9 Å². The number of fused-ring (bicyclic) bond motifs is 1. The summed E-state index contributed by atoms with van der Waals surface area (Å²) in [5.74, 6) is -0.439. The maximum absolute atomic E-state index is 13.4. The van der Waals surface area contributed by atoms with Gasteiger partial charge >= 0.3 is 0 Å². The fraction of sp³-hybridized carbons (Fsp3) is 0.455. The highest BCUT2D eigenvalue weighted by molar-refractivity contribution is 5.93. The Morgan fingerprint density at radius 1 is 1.40 bits per heavy atom. The molecule has 5 heterocycles. The highest BCUT2D eigenvalue weighted by Gasteiger charge is 2.67. The molecule has 0 saturated carbocycles. The predicted molar refractivity (Wildman–Crippen MR) is 106 cm³/mol. The topological polar surface area (TPSA) is 88.8 Å². The molecule has 0 radical (unpaired) electrons. The molecule has 30 heavy (non-hydrogen) atoms. The number of likely N-dealkylation sites (tertiary alicyclic amines) is 1. The van der Waals surface area contributed by atoms with E-state index in [0.717, 1.165) is 16.8 Å². The van der Waals surface area contributed by atoms with E-state index >= 15 is 0 Å². The molecule has 8 heteroatoms. The molecule has 156 valence electrons. The molecule has 3 aliphatic heterocycles. The summed E-state index contributed by atoms with van der Waals surface area (Å²) in [5.41, 5.74) is 1.91. The molecule has 2 aromatic rings. The summed E-state index contributed by atoms with van der Waals surface area (Å²) in [5, 5.41) is 3.96. The van der Waals surface area contributed by atoms with Crippen LogP contribution in [0.3, 0.4) is 0 Å². The molecule has 5 rings (SSSR count). The van der Waals surface area contributed by atoms with Gasteiger partial charge in [0.2, 0.25) is 11.8 Å². The van der Waals surface area contributed by atoms with Crippen LogP contribution in [0, 0.1) is 25.7 Å². The molecule has 0 unspecified atom stereocenters. The monoisotopic (exact) mass is 408 g/mol. The number of hydrogen-bond donors (Lipinski definition) is 0. The van der Waals surface area contributed by atoms with Crippen LogP contribution >= 0.6 is 0 Å². The van der Waals surface area contributed by atoms with Gasteiger partial charge in [-0.1, -0.05) is 23.4 Å². The molecule has 2 aromatic heterocycles. The first-order valence-corrected chi connectivity index (χ1v) is 10.1. The Bertz CT molecular complexity index is 1010. The zero-order valence-corrected chi connectivity index (χ0v) is 17.2. The lowest BCUT2D eigenvalue weighted by Gasteiger charge is -2.27. The van der Waals surface area contributed by atoms with E-state index in [-0.39, 0.29) is 17.9 Å². The molecule has 0 N–H and O–H groups in total. The molecule has 2 bridgehead atoms. The largest absolute Gasteiger partial charge is 0.361 e. The summed E-state index contributed by atoms with van der Waals surface area (Å²) >= 11 is 0. The summed E-state index contributed by atoms with van der Waals surface area (Å²) in [6, 6.07) is 3.80. The second kappa shape index (κ2) is 6.77. The van der Waals surface area contributed by atoms with Gasteiger partial charge in [0.1, 0.15) is 11.4 Å². The average Bonchev–Trinajstić information content (AvgIpc) is 3.45. The standard InChI is InChI=1S/C22H24N4O4/c1-13-16(14(2)30-24-13)11-25(3)20(27)18-17-6-7-22(29-17)12-26(21(28)19(18)22)10-15-5-4-8-23-9-15/h4-9,17-19H,10-12H2,1-3H3/t17-,18+,19+,22-/m0/s1. The van der Waals surface area contributed by atoms with Gasteiger partial charge in [-0.05, 0) is 25.5 Å². The third-order valence-corrected chi connectivity index (χ3v) is 6.51. The lowest BCUT2D eigenvalue weighted by atomic mass is 9.76. The Labute approximate surface area is 174 Å². The number of hydrogen-bond acceptors (Lipinski definition) is 6. The summed E-state index contributed by atoms with van der Waals surface area (Å²) in [6.07, 6.45) is 7.01. The third-order valence-electron chi connectivity index (χ3n) is 6.51. The maximum Gasteiger partial charge on any atom is 0.230 e. The summed E-state index contributed by atoms with van der Waals surface area (Å²) in [7, 11) is 1.75. The molecular weight excluding hydrogens is 384 g/mol. The van der Waals surface area contributed by atoms with Gasteiger partial charge in [0.25, 0.3) is 0 Å². The van der Waals surface area contributed by atoms with Crippen molar-refractivity contribution in [2.24, 2.45) is 11.8 Å². The lowest BCUT2D eigenvalue weighted by Crippen LogP contribution is -2.44. The summed E-state index contributed by atoms with van der Waals surface area (Å²) in [4.78, 5) is 34.3. The fourth-order valence-corrected chi connectivity index (χ4v) is 5.00. The van der Waals surface area contributed by atoms with Crippen LogP contribution in [0.5, 0.6) is 0 Å². The lowest BCUT2D eigenvalue weighted by molar-refractivity contribution is -0.142. The van der Waals surface area contributed by atoms with Crippen LogP contribution in [0.2, 0.25) is 0 Å². The number of aryl methyl sites for hydroxylation is 2. The van der Waals surface area contributed by atoms with Crippen LogP contribution < -0.4 is 0 Å². The third kappa shape index (κ3) is 2.78. The Morgan fingerprint density at radius 2 is 2.23 bits per heavy atom. The fourth-order valence-electron chi connectivity index (χ4n) is 5.00. The normalized spacial score (nSPS) is 29.0. The zero-order chi connectivity index (χ0) is 21.0. The number of amides is 2. The molecule has 1 spiro atoms. The number of nitrogens with zero attached hydrogens (tertiary/aromatic N) is 4. The number of aromatic nitrogens is 2. The molecule has 2 fully saturated rings. The first-order chi connectivity index (χ1) is 14.4. The van der Waals surface area contributed by atoms with E-state index in [2.05, 4.69) is 10.1 Å². The highest BCUT2D eigenvalue weighted by atomic mass is 16.5. The quantitative estimate of drug-likeness (QED) is 0.699. The molecule has 3 aliphatic rings. The Morgan fingerprint density at radius 3 is 2.93 bits per heavy atom. The summed E-state index contributed by atoms with van der Waals surface area (Å²) < 4.78 is 11.4. The van der Waals surface area contributed by atoms with Crippen LogP contribution in [-0.2, 0) is 27.4 Å². The average molecular weight is 408 g/mol. The number of carbonyl (C=O) groups excluding carboxylic acids is 2. The minimum atomic E-state index is -0.714. The van der Waals surface area contributed by atoms with E-state index < -0.39 is 17.4 Å². The van der Waals surface area contributed by atoms with Crippen molar-refractivity contribution >= 4 is 11.8 Å². The van der Waals surface area contributed by atoms with Gasteiger partial charge in [0.05, 0.1) is 36.7 Å². The van der Waals surface area contributed by atoms with Gasteiger partial charge in [-0.15, -0.1) is 0 Å². The molecule has 0 aromatic carbocycles. The van der Waals surface area contributed by atoms with Crippen molar-refractivity contribution in [3.63, 3.8) is 0 Å². The first kappa shape index (κ1) is 19.0. The molecule has 4 atom stereocenters. The predicted octanol–water partition coefficient (Wildman–Crippen LogP) is 1.63. The first-order valence-electron chi connectivity index (χ1n) is 10.1. The van der Waals surface area contributed by atoms with Gasteiger partial charge in [0.15, 0.2) is 0 Å². The molecule has 0 aliphatic carbocycles. The van der Waals surface area contributed by atoms with Gasteiger partial charge in [0, 0.05) is 31.5 Å². The zero-order valence-electron chi connectivity index (χ0n) is 17.2. The van der Waals surface area contributed by atoms with Crippen molar-refractivity contribution in [3.8, 4) is 0 Å². The Balaban J connectivity index is 1.37. The van der Waals surface area contributed by atoms with E-state index in [1.54, 1.807) is 29.2 Å². The van der Waals surface area contributed by atoms with Gasteiger partial charge in [-0.3, -0.25) is 14.6 Å². The molecule has 2 amide bonds. The summed E-state index contributed by atoms with van der Waals surface area (Å²) in [6.45, 7) is 5.00. The van der Waals surface area contributed by atoms with E-state index in [1.807, 2.05) is 38.1 Å². The molecular formula is C22H24N4O4. The molecule has 8 nitrogen and oxygen atoms in total. The van der Waals surface area contributed by atoms with E-state index in [9.17, 15) is 9.59 Å². The van der Waals surface area contributed by atoms with Crippen LogP contribution in [-0.4, -0.2) is 57.1 Å². The van der Waals surface area contributed by atoms with E-state index in [0.29, 0.717) is 25.4 Å². The minimum absolute atomic E-state index is 0.0326. The van der Waals surface area contributed by atoms with E-state index in [1.165, 1.54) is 0 Å². The minimum Gasteiger partial charge on any atom is -0.361 e. The maximum atomic E-state index is 13.4. The van der Waals surface area contributed by atoms with Gasteiger partial charge in [-0.2, -0.15) is 0 Å². The van der Waals surface area contributed by atoms with Crippen molar-refractivity contribution in [1.29, 1.82) is 0 Å². The van der Waals surface area contributed by atoms with E-state index in [4.69, 9.17) is 9.26 Å². The van der Waals surface area contributed by atoms with Crippen molar-refractivity contribution in [2.45, 2.75) is 38.6 Å². The molecule has 2 saturated heterocycles. The Hall–Kier alpha value is -3.00. The van der Waals surface area contributed by atoms with Crippen LogP contribution in [0.15, 0.2) is 41.2 Å². The number of ether oxygens (including phenoxy) is 1.